The number of rotatable bonds is 6. The number of aromatic nitrogens is 2. The largest absolute Gasteiger partial charge is 0.395 e. The minimum atomic E-state index is -0.319. The summed E-state index contributed by atoms with van der Waals surface area (Å²) in [6.45, 7) is 10.2. The van der Waals surface area contributed by atoms with Gasteiger partial charge in [-0.05, 0) is 56.6 Å². The van der Waals surface area contributed by atoms with Crippen LogP contribution in [0, 0.1) is 23.6 Å². The van der Waals surface area contributed by atoms with Crippen molar-refractivity contribution < 1.29 is 9.50 Å². The van der Waals surface area contributed by atoms with Crippen molar-refractivity contribution in [2.75, 3.05) is 26.2 Å². The van der Waals surface area contributed by atoms with E-state index in [9.17, 15) is 9.50 Å². The van der Waals surface area contributed by atoms with E-state index in [1.165, 1.54) is 6.07 Å². The van der Waals surface area contributed by atoms with Crippen LogP contribution in [0.25, 0.3) is 0 Å². The second kappa shape index (κ2) is 12.0. The maximum Gasteiger partial charge on any atom is 0.138 e. The second-order valence-corrected chi connectivity index (χ2v) is 9.15. The van der Waals surface area contributed by atoms with Crippen molar-refractivity contribution in [3.05, 3.63) is 95.9 Å². The summed E-state index contributed by atoms with van der Waals surface area (Å²) in [6.07, 6.45) is 13.4. The first-order chi connectivity index (χ1) is 17.1. The standard InChI is InChI=1S/C29H33FN4O/c1-3-23(12-13-25-8-4-5-9-26(25)30)11-10-22(2)29-27-19-33(18-24-16-31-21-32-17-24)14-6-7-15-34(27)28(29)20-35/h3-5,8-11,16-17,21,27-29,35H,2,6-7,14-15,18-20H2,1H3/b11-10-,23-3+/t27-,28-,29-/m0/s1. The highest BCUT2D eigenvalue weighted by Gasteiger charge is 2.49. The quantitative estimate of drug-likeness (QED) is 0.509. The van der Waals surface area contributed by atoms with Crippen LogP contribution in [0.3, 0.4) is 0 Å². The molecule has 0 unspecified atom stereocenters. The molecule has 0 spiro atoms. The number of halogens is 1. The molecule has 0 radical (unpaired) electrons. The zero-order chi connectivity index (χ0) is 24.6. The Morgan fingerprint density at radius 3 is 2.71 bits per heavy atom. The van der Waals surface area contributed by atoms with Crippen molar-refractivity contribution in [1.82, 2.24) is 19.8 Å². The molecule has 35 heavy (non-hydrogen) atoms. The van der Waals surface area contributed by atoms with E-state index in [0.717, 1.165) is 55.7 Å². The van der Waals surface area contributed by atoms with Crippen molar-refractivity contribution in [2.45, 2.75) is 38.4 Å². The summed E-state index contributed by atoms with van der Waals surface area (Å²) in [6, 6.07) is 6.90. The fraction of sp³-hybridized carbons (Fsp3) is 0.379. The molecule has 6 heteroatoms. The Labute approximate surface area is 207 Å². The number of aliphatic hydroxyl groups excluding tert-OH is 1. The molecule has 2 aliphatic rings. The summed E-state index contributed by atoms with van der Waals surface area (Å²) in [4.78, 5) is 13.2. The Hall–Kier alpha value is -3.11. The minimum absolute atomic E-state index is 0.0794. The number of benzene rings is 1. The molecule has 2 aromatic rings. The Kier molecular flexibility index (Phi) is 8.59. The van der Waals surface area contributed by atoms with Gasteiger partial charge in [-0.15, -0.1) is 0 Å². The van der Waals surface area contributed by atoms with Gasteiger partial charge in [0, 0.05) is 54.6 Å². The van der Waals surface area contributed by atoms with Gasteiger partial charge in [-0.1, -0.05) is 42.7 Å². The van der Waals surface area contributed by atoms with Gasteiger partial charge in [0.2, 0.25) is 0 Å². The molecule has 1 aromatic carbocycles. The van der Waals surface area contributed by atoms with Gasteiger partial charge in [-0.3, -0.25) is 9.80 Å². The van der Waals surface area contributed by atoms with Gasteiger partial charge in [0.15, 0.2) is 0 Å². The summed E-state index contributed by atoms with van der Waals surface area (Å²) in [5, 5.41) is 10.2. The fourth-order valence-corrected chi connectivity index (χ4v) is 5.10. The number of fused-ring (bicyclic) bond motifs is 1. The Morgan fingerprint density at radius 1 is 1.20 bits per heavy atom. The van der Waals surface area contributed by atoms with Crippen LogP contribution in [-0.4, -0.2) is 63.2 Å². The van der Waals surface area contributed by atoms with Crippen molar-refractivity contribution >= 4 is 0 Å². The van der Waals surface area contributed by atoms with Crippen molar-refractivity contribution in [3.63, 3.8) is 0 Å². The molecule has 4 rings (SSSR count). The van der Waals surface area contributed by atoms with Crippen LogP contribution in [0.15, 0.2) is 78.9 Å². The molecule has 3 atom stereocenters. The topological polar surface area (TPSA) is 52.5 Å². The summed E-state index contributed by atoms with van der Waals surface area (Å²) < 4.78 is 13.9. The smallest absolute Gasteiger partial charge is 0.138 e. The van der Waals surface area contributed by atoms with E-state index >= 15 is 0 Å². The second-order valence-electron chi connectivity index (χ2n) is 9.15. The number of allylic oxidation sites excluding steroid dienone is 4. The SMILES string of the molecule is C=C(/C=C\C(C#Cc1ccccc1F)=C/C)[C@@H]1[C@H](CO)N2CCCCN(Cc3cncnc3)C[C@@H]12. The summed E-state index contributed by atoms with van der Waals surface area (Å²) in [5.74, 6) is 5.82. The minimum Gasteiger partial charge on any atom is -0.395 e. The number of hydrogen-bond donors (Lipinski definition) is 1. The van der Waals surface area contributed by atoms with Crippen LogP contribution in [0.5, 0.6) is 0 Å². The Morgan fingerprint density at radius 2 is 1.97 bits per heavy atom. The molecule has 1 aromatic heterocycles. The van der Waals surface area contributed by atoms with Crippen molar-refractivity contribution in [2.24, 2.45) is 5.92 Å². The summed E-state index contributed by atoms with van der Waals surface area (Å²) in [5.41, 5.74) is 3.28. The molecule has 182 valence electrons. The molecule has 0 amide bonds. The lowest BCUT2D eigenvalue weighted by Gasteiger charge is -2.57. The van der Waals surface area contributed by atoms with Gasteiger partial charge in [0.25, 0.3) is 0 Å². The Bertz CT molecular complexity index is 1130. The molecule has 2 saturated heterocycles. The molecule has 0 aliphatic carbocycles. The van der Waals surface area contributed by atoms with E-state index in [0.29, 0.717) is 11.6 Å². The van der Waals surface area contributed by atoms with Gasteiger partial charge in [0.1, 0.15) is 12.1 Å². The van der Waals surface area contributed by atoms with E-state index < -0.39 is 0 Å². The summed E-state index contributed by atoms with van der Waals surface area (Å²) in [7, 11) is 0. The molecule has 3 heterocycles. The average Bonchev–Trinajstić information content (AvgIpc) is 2.86. The predicted octanol–water partition coefficient (Wildman–Crippen LogP) is 3.98. The first-order valence-corrected chi connectivity index (χ1v) is 12.2. The van der Waals surface area contributed by atoms with Gasteiger partial charge in [-0.2, -0.15) is 0 Å². The molecule has 5 nitrogen and oxygen atoms in total. The van der Waals surface area contributed by atoms with Crippen LogP contribution in [0.2, 0.25) is 0 Å². The predicted molar refractivity (Wildman–Crippen MR) is 137 cm³/mol. The molecule has 1 N–H and O–H groups in total. The summed E-state index contributed by atoms with van der Waals surface area (Å²) >= 11 is 0. The number of hydrogen-bond acceptors (Lipinski definition) is 5. The third-order valence-electron chi connectivity index (χ3n) is 6.91. The third kappa shape index (κ3) is 6.12. The first kappa shape index (κ1) is 25.0. The maximum atomic E-state index is 13.9. The average molecular weight is 473 g/mol. The maximum absolute atomic E-state index is 13.9. The molecule has 2 aliphatic heterocycles. The monoisotopic (exact) mass is 472 g/mol. The van der Waals surface area contributed by atoms with E-state index in [1.807, 2.05) is 37.5 Å². The molecular formula is C29H33FN4O. The lowest BCUT2D eigenvalue weighted by Crippen LogP contribution is -2.69. The van der Waals surface area contributed by atoms with Crippen LogP contribution in [-0.2, 0) is 6.54 Å². The lowest BCUT2D eigenvalue weighted by atomic mass is 9.74. The van der Waals surface area contributed by atoms with Gasteiger partial charge < -0.3 is 5.11 Å². The number of nitrogens with zero attached hydrogens (tertiary/aromatic N) is 4. The Balaban J connectivity index is 1.46. The lowest BCUT2D eigenvalue weighted by molar-refractivity contribution is -0.0828. The highest BCUT2D eigenvalue weighted by Crippen LogP contribution is 2.39. The zero-order valence-electron chi connectivity index (χ0n) is 20.3. The van der Waals surface area contributed by atoms with Crippen molar-refractivity contribution in [1.29, 1.82) is 0 Å². The van der Waals surface area contributed by atoms with E-state index in [1.54, 1.807) is 24.5 Å². The van der Waals surface area contributed by atoms with Gasteiger partial charge in [0.05, 0.1) is 12.2 Å². The van der Waals surface area contributed by atoms with E-state index in [-0.39, 0.29) is 24.4 Å². The molecule has 2 fully saturated rings. The first-order valence-electron chi connectivity index (χ1n) is 12.2. The van der Waals surface area contributed by atoms with Gasteiger partial charge >= 0.3 is 0 Å². The van der Waals surface area contributed by atoms with Crippen LogP contribution < -0.4 is 0 Å². The highest BCUT2D eigenvalue weighted by atomic mass is 19.1. The van der Waals surface area contributed by atoms with Gasteiger partial charge in [-0.25, -0.2) is 14.4 Å². The highest BCUT2D eigenvalue weighted by molar-refractivity contribution is 5.46. The van der Waals surface area contributed by atoms with Crippen molar-refractivity contribution in [3.8, 4) is 11.8 Å². The molecule has 0 saturated carbocycles. The van der Waals surface area contributed by atoms with Crippen LogP contribution >= 0.6 is 0 Å². The normalized spacial score (nSPS) is 23.5. The van der Waals surface area contributed by atoms with E-state index in [2.05, 4.69) is 38.2 Å². The number of aliphatic hydroxyl groups is 1. The van der Waals surface area contributed by atoms with Crippen LogP contribution in [0.4, 0.5) is 4.39 Å². The molecular weight excluding hydrogens is 439 g/mol. The third-order valence-corrected chi connectivity index (χ3v) is 6.91. The van der Waals surface area contributed by atoms with Crippen LogP contribution in [0.1, 0.15) is 30.9 Å². The zero-order valence-corrected chi connectivity index (χ0v) is 20.3. The fourth-order valence-electron chi connectivity index (χ4n) is 5.10. The van der Waals surface area contributed by atoms with E-state index in [4.69, 9.17) is 0 Å². The molecule has 0 bridgehead atoms.